The molecule has 2 heterocycles. The Kier molecular flexibility index (Phi) is 6.05. The highest BCUT2D eigenvalue weighted by molar-refractivity contribution is 6.04. The first-order valence-electron chi connectivity index (χ1n) is 9.81. The minimum Gasteiger partial charge on any atom is -0.387 e. The summed E-state index contributed by atoms with van der Waals surface area (Å²) in [7, 11) is 0. The summed E-state index contributed by atoms with van der Waals surface area (Å²) in [5, 5.41) is 7.02. The fourth-order valence-corrected chi connectivity index (χ4v) is 3.75. The molecule has 1 saturated heterocycles. The minimum atomic E-state index is -0.789. The second-order valence-corrected chi connectivity index (χ2v) is 7.59. The zero-order valence-corrected chi connectivity index (χ0v) is 17.3. The largest absolute Gasteiger partial charge is 0.387 e. The van der Waals surface area contributed by atoms with Gasteiger partial charge in [-0.25, -0.2) is 0 Å². The van der Waals surface area contributed by atoms with Gasteiger partial charge in [0.05, 0.1) is 12.3 Å². The Labute approximate surface area is 175 Å². The molecule has 158 valence electrons. The fourth-order valence-electron chi connectivity index (χ4n) is 3.75. The van der Waals surface area contributed by atoms with Crippen molar-refractivity contribution in [2.45, 2.75) is 45.3 Å². The van der Waals surface area contributed by atoms with Gasteiger partial charge in [0.15, 0.2) is 5.60 Å². The van der Waals surface area contributed by atoms with Crippen LogP contribution in [0.15, 0.2) is 53.2 Å². The number of nitrogens with two attached hydrogens (primary N) is 1. The zero-order valence-electron chi connectivity index (χ0n) is 17.3. The number of hydrogen-bond acceptors (Lipinski definition) is 5. The number of nitrogens with zero attached hydrogens (tertiary/aromatic N) is 2. The minimum absolute atomic E-state index is 0.218. The molecule has 1 aromatic rings. The maximum absolute atomic E-state index is 12.7. The standard InChI is InChI=1S/C22H26N4O4/c1-4-7-19(27)24-16-9-6-8-15(10-16)17-11-22(30-25-17)12-18(20(23)28)26(13-22)21(29)14(3)5-2/h4-10,18H,11-13H2,1-3H3,(H2,23,28)(H,24,27)/b7-4+,14-5+/t18-,22?/m0/s1. The number of amides is 3. The molecule has 1 spiro atoms. The maximum Gasteiger partial charge on any atom is 0.249 e. The average Bonchev–Trinajstić information content (AvgIpc) is 3.31. The van der Waals surface area contributed by atoms with Crippen molar-refractivity contribution in [2.75, 3.05) is 11.9 Å². The van der Waals surface area contributed by atoms with Gasteiger partial charge in [0.1, 0.15) is 6.04 Å². The van der Waals surface area contributed by atoms with Crippen LogP contribution in [-0.4, -0.2) is 46.5 Å². The lowest BCUT2D eigenvalue weighted by Gasteiger charge is -2.23. The number of rotatable bonds is 5. The number of likely N-dealkylation sites (tertiary alicyclic amines) is 1. The van der Waals surface area contributed by atoms with Crippen LogP contribution in [0.1, 0.15) is 39.2 Å². The molecule has 2 aliphatic heterocycles. The third kappa shape index (κ3) is 4.27. The van der Waals surface area contributed by atoms with Crippen molar-refractivity contribution in [1.29, 1.82) is 0 Å². The van der Waals surface area contributed by atoms with Crippen LogP contribution in [0.3, 0.4) is 0 Å². The van der Waals surface area contributed by atoms with Crippen molar-refractivity contribution in [3.8, 4) is 0 Å². The Morgan fingerprint density at radius 3 is 2.77 bits per heavy atom. The van der Waals surface area contributed by atoms with E-state index in [1.54, 1.807) is 39.0 Å². The van der Waals surface area contributed by atoms with E-state index in [1.165, 1.54) is 11.0 Å². The molecule has 0 radical (unpaired) electrons. The molecule has 1 fully saturated rings. The van der Waals surface area contributed by atoms with Crippen molar-refractivity contribution in [3.63, 3.8) is 0 Å². The molecule has 1 aromatic carbocycles. The Morgan fingerprint density at radius 2 is 2.10 bits per heavy atom. The van der Waals surface area contributed by atoms with E-state index in [-0.39, 0.29) is 24.8 Å². The highest BCUT2D eigenvalue weighted by Crippen LogP contribution is 2.39. The lowest BCUT2D eigenvalue weighted by atomic mass is 9.91. The summed E-state index contributed by atoms with van der Waals surface area (Å²) >= 11 is 0. The van der Waals surface area contributed by atoms with Crippen molar-refractivity contribution in [2.24, 2.45) is 10.9 Å². The predicted molar refractivity (Wildman–Crippen MR) is 114 cm³/mol. The molecule has 0 aliphatic carbocycles. The van der Waals surface area contributed by atoms with Crippen LogP contribution in [0.4, 0.5) is 5.69 Å². The van der Waals surface area contributed by atoms with Crippen LogP contribution in [0.25, 0.3) is 0 Å². The van der Waals surface area contributed by atoms with Crippen LogP contribution < -0.4 is 11.1 Å². The summed E-state index contributed by atoms with van der Waals surface area (Å²) in [6.45, 7) is 5.48. The molecule has 0 aromatic heterocycles. The number of primary amides is 1. The molecule has 30 heavy (non-hydrogen) atoms. The Balaban J connectivity index is 1.78. The van der Waals surface area contributed by atoms with E-state index >= 15 is 0 Å². The molecule has 3 rings (SSSR count). The fraction of sp³-hybridized carbons (Fsp3) is 0.364. The SMILES string of the molecule is C/C=C/C(=O)Nc1cccc(C2=NOC3(C2)C[C@@H](C(N)=O)N(C(=O)/C(C)=C/C)C3)c1. The van der Waals surface area contributed by atoms with E-state index in [9.17, 15) is 14.4 Å². The van der Waals surface area contributed by atoms with E-state index < -0.39 is 17.6 Å². The van der Waals surface area contributed by atoms with Crippen LogP contribution >= 0.6 is 0 Å². The normalized spacial score (nSPS) is 23.6. The quantitative estimate of drug-likeness (QED) is 0.724. The highest BCUT2D eigenvalue weighted by Gasteiger charge is 2.53. The van der Waals surface area contributed by atoms with Crippen LogP contribution in [0, 0.1) is 0 Å². The Hall–Kier alpha value is -3.42. The van der Waals surface area contributed by atoms with Gasteiger partial charge in [-0.05, 0) is 39.0 Å². The zero-order chi connectivity index (χ0) is 21.9. The lowest BCUT2D eigenvalue weighted by Crippen LogP contribution is -2.44. The number of allylic oxidation sites excluding steroid dienone is 2. The van der Waals surface area contributed by atoms with Gasteiger partial charge in [-0.3, -0.25) is 14.4 Å². The lowest BCUT2D eigenvalue weighted by molar-refractivity contribution is -0.134. The van der Waals surface area contributed by atoms with E-state index in [4.69, 9.17) is 10.6 Å². The molecule has 2 atom stereocenters. The average molecular weight is 410 g/mol. The Bertz CT molecular complexity index is 966. The first-order valence-corrected chi connectivity index (χ1v) is 9.81. The monoisotopic (exact) mass is 410 g/mol. The van der Waals surface area contributed by atoms with E-state index in [0.717, 1.165) is 5.56 Å². The summed E-state index contributed by atoms with van der Waals surface area (Å²) in [6, 6.07) is 6.56. The topological polar surface area (TPSA) is 114 Å². The third-order valence-electron chi connectivity index (χ3n) is 5.38. The van der Waals surface area contributed by atoms with Gasteiger partial charge in [-0.2, -0.15) is 0 Å². The van der Waals surface area contributed by atoms with Gasteiger partial charge in [0.25, 0.3) is 0 Å². The Morgan fingerprint density at radius 1 is 1.33 bits per heavy atom. The van der Waals surface area contributed by atoms with E-state index in [2.05, 4.69) is 10.5 Å². The number of nitrogens with one attached hydrogen (secondary N) is 1. The number of benzene rings is 1. The summed E-state index contributed by atoms with van der Waals surface area (Å²) in [6.07, 6.45) is 5.53. The summed E-state index contributed by atoms with van der Waals surface area (Å²) in [5.74, 6) is -1.01. The number of carbonyl (C=O) groups is 3. The van der Waals surface area contributed by atoms with Gasteiger partial charge < -0.3 is 20.8 Å². The molecule has 2 aliphatic rings. The van der Waals surface area contributed by atoms with Crippen molar-refractivity contribution >= 4 is 29.1 Å². The van der Waals surface area contributed by atoms with Crippen molar-refractivity contribution in [3.05, 3.63) is 53.6 Å². The molecular weight excluding hydrogens is 384 g/mol. The van der Waals surface area contributed by atoms with Gasteiger partial charge in [0, 0.05) is 29.7 Å². The second kappa shape index (κ2) is 8.52. The molecule has 8 heteroatoms. The van der Waals surface area contributed by atoms with Gasteiger partial charge in [0.2, 0.25) is 17.7 Å². The van der Waals surface area contributed by atoms with Gasteiger partial charge in [-0.15, -0.1) is 0 Å². The van der Waals surface area contributed by atoms with Gasteiger partial charge >= 0.3 is 0 Å². The highest BCUT2D eigenvalue weighted by atomic mass is 16.7. The van der Waals surface area contributed by atoms with E-state index in [1.807, 2.05) is 18.2 Å². The number of oxime groups is 1. The van der Waals surface area contributed by atoms with Crippen molar-refractivity contribution < 1.29 is 19.2 Å². The number of hydrogen-bond donors (Lipinski definition) is 2. The molecular formula is C22H26N4O4. The number of anilines is 1. The van der Waals surface area contributed by atoms with Gasteiger partial charge in [-0.1, -0.05) is 29.4 Å². The number of carbonyl (C=O) groups excluding carboxylic acids is 3. The molecule has 0 saturated carbocycles. The molecule has 3 N–H and O–H groups in total. The summed E-state index contributed by atoms with van der Waals surface area (Å²) in [5.41, 5.74) is 7.45. The summed E-state index contributed by atoms with van der Waals surface area (Å²) in [4.78, 5) is 43.7. The van der Waals surface area contributed by atoms with Crippen molar-refractivity contribution in [1.82, 2.24) is 4.90 Å². The predicted octanol–water partition coefficient (Wildman–Crippen LogP) is 2.12. The van der Waals surface area contributed by atoms with Crippen LogP contribution in [0.2, 0.25) is 0 Å². The second-order valence-electron chi connectivity index (χ2n) is 7.59. The van der Waals surface area contributed by atoms with E-state index in [0.29, 0.717) is 23.4 Å². The smallest absolute Gasteiger partial charge is 0.249 e. The summed E-state index contributed by atoms with van der Waals surface area (Å²) < 4.78 is 0. The molecule has 1 unspecified atom stereocenters. The van der Waals surface area contributed by atoms with Crippen LogP contribution in [-0.2, 0) is 19.2 Å². The first kappa shape index (κ1) is 21.3. The van der Waals surface area contributed by atoms with Crippen LogP contribution in [0.5, 0.6) is 0 Å². The molecule has 8 nitrogen and oxygen atoms in total. The third-order valence-corrected chi connectivity index (χ3v) is 5.38. The molecule has 0 bridgehead atoms. The molecule has 3 amide bonds. The first-order chi connectivity index (χ1) is 14.3. The maximum atomic E-state index is 12.7.